The molecule has 4 atom stereocenters. The van der Waals surface area contributed by atoms with E-state index >= 15 is 0 Å². The standard InChI is InChI=1S/C9H16O3.2C9H16O2.C8H16O3.C8H16O2.C6H14O3.C6H12O2.C6H12.C5H10O.H2O2/c1-7(6-10)12-8(11)5-9(2,3)4;2*1-7(6-10)8(11)5-9(2,3)4;1-6(9)11-7(10-5)8(2,3)4;1-6(9)7(10-5)8(2,3)4;1-6(2,3)5(8-4)9-7;1-6(2,3)4-5(7)8;1-5-6(2,3)4;1-5(2,3)4-6;1-2/h6,10H,5H2,1-4H3;6,10H,5H2,1-4H3;6-7H,5H2,1-4H3;7H,1-5H3;7H,1-5H3;5,7H,1-4H3;4H2,1-3H3,(H,7,8);5H,1H2,2-4H3;4H,1-3H3;1-2H/p+1/b2*7-6-;;;;;;;;/t;;7-;;;;;;;/m..1......./s1. The number of ether oxygens (including phenoxy) is 5. The zero-order valence-corrected chi connectivity index (χ0v) is 60.6. The number of hydrogen-bond donors (Lipinski definition) is 6. The van der Waals surface area contributed by atoms with Gasteiger partial charge in [-0.3, -0.25) is 39.3 Å². The van der Waals surface area contributed by atoms with Crippen LogP contribution in [0.3, 0.4) is 0 Å². The van der Waals surface area contributed by atoms with Crippen molar-refractivity contribution in [1.82, 2.24) is 0 Å². The number of Topliss-reactive ketones (excluding diaryl/α,β-unsaturated/α-hetero) is 3. The molecule has 0 amide bonds. The highest BCUT2D eigenvalue weighted by molar-refractivity contribution is 5.94. The van der Waals surface area contributed by atoms with Gasteiger partial charge in [0, 0.05) is 62.9 Å². The Kier molecular flexibility index (Phi) is 60.2. The summed E-state index contributed by atoms with van der Waals surface area (Å²) in [6.45, 7) is 64.4. The van der Waals surface area contributed by atoms with Crippen molar-refractivity contribution >= 4 is 47.8 Å². The average molecular weight is 1240 g/mol. The highest BCUT2D eigenvalue weighted by Crippen LogP contribution is 2.25. The molecule has 0 saturated heterocycles. The Morgan fingerprint density at radius 2 is 0.860 bits per heavy atom. The maximum Gasteiger partial charge on any atom is 1.00 e. The second kappa shape index (κ2) is 50.2. The van der Waals surface area contributed by atoms with Crippen LogP contribution in [0.25, 0.3) is 0 Å². The maximum atomic E-state index is 11.2. The lowest BCUT2D eigenvalue weighted by molar-refractivity contribution is -0.365. The third kappa shape index (κ3) is 90.5. The molecule has 0 aromatic carbocycles. The first kappa shape index (κ1) is 103. The number of aliphatic hydroxyl groups is 2. The third-order valence-electron chi connectivity index (χ3n) is 9.12. The number of carboxylic acids is 1. The summed E-state index contributed by atoms with van der Waals surface area (Å²) in [6, 6.07) is 0. The van der Waals surface area contributed by atoms with E-state index in [4.69, 9.17) is 54.8 Å². The second-order valence-corrected chi connectivity index (χ2v) is 30.4. The first-order chi connectivity index (χ1) is 37.9. The SMILES string of the molecule is C/C(=C/O)C(=O)CC(C)(C)C.C/C(=C/O)OC(=O)CC(C)(C)C.C=CC(C)(C)C.CC(C)(C)C=O.CC(C)(C)CC(=O)O.COC(C(C)=O)C(C)(C)C.COC(OC(C)=O)C(C)(C)C.COC(OO)C(C)(C)C.C[C@H](C=O)C(=O)CC(C)(C)C.OO.[H+]. The second-order valence-electron chi connectivity index (χ2n) is 30.4. The molecule has 0 fully saturated rings. The number of carbonyl (C=O) groups is 8. The van der Waals surface area contributed by atoms with Crippen LogP contribution in [0.4, 0.5) is 0 Å². The van der Waals surface area contributed by atoms with Crippen molar-refractivity contribution in [3.8, 4) is 0 Å². The van der Waals surface area contributed by atoms with E-state index in [1.807, 2.05) is 172 Å². The molecule has 6 N–H and O–H groups in total. The largest absolute Gasteiger partial charge is 1.00 e. The van der Waals surface area contributed by atoms with Crippen LogP contribution < -0.4 is 0 Å². The molecule has 0 rings (SSSR count). The van der Waals surface area contributed by atoms with Gasteiger partial charge >= 0.3 is 19.3 Å². The quantitative estimate of drug-likeness (QED) is 0.0108. The summed E-state index contributed by atoms with van der Waals surface area (Å²) in [6.07, 6.45) is 5.50. The molecule has 0 aromatic rings. The summed E-state index contributed by atoms with van der Waals surface area (Å²) in [4.78, 5) is 88.9. The lowest BCUT2D eigenvalue weighted by atomic mass is 9.87. The number of allylic oxidation sites excluding steroid dienone is 3. The molecule has 514 valence electrons. The average Bonchev–Trinajstić information content (AvgIpc) is 3.28. The molecule has 0 radical (unpaired) electrons. The number of ketones is 3. The molecule has 0 saturated carbocycles. The van der Waals surface area contributed by atoms with Gasteiger partial charge in [-0.2, -0.15) is 0 Å². The highest BCUT2D eigenvalue weighted by Gasteiger charge is 2.29. The maximum absolute atomic E-state index is 11.2. The smallest absolute Gasteiger partial charge is 0.515 e. The minimum absolute atomic E-state index is 0. The topological polar surface area (TPSA) is 313 Å². The van der Waals surface area contributed by atoms with E-state index in [0.717, 1.165) is 18.8 Å². The van der Waals surface area contributed by atoms with Crippen LogP contribution in [0, 0.1) is 54.7 Å². The molecule has 0 heterocycles. The van der Waals surface area contributed by atoms with Crippen molar-refractivity contribution in [2.75, 3.05) is 21.3 Å². The fraction of sp³-hybridized carbons (Fsp3) is 0.788. The summed E-state index contributed by atoms with van der Waals surface area (Å²) in [7, 11) is 4.59. The first-order valence-electron chi connectivity index (χ1n) is 28.3. The van der Waals surface area contributed by atoms with Gasteiger partial charge in [-0.1, -0.05) is 193 Å². The van der Waals surface area contributed by atoms with Crippen LogP contribution in [-0.2, 0) is 66.9 Å². The number of aldehydes is 2. The molecule has 86 heavy (non-hydrogen) atoms. The molecule has 0 bridgehead atoms. The first-order valence-corrected chi connectivity index (χ1v) is 28.3. The summed E-state index contributed by atoms with van der Waals surface area (Å²) >= 11 is 0. The number of carboxylic acid groups (broad SMARTS) is 1. The van der Waals surface area contributed by atoms with Gasteiger partial charge in [0.2, 0.25) is 6.29 Å². The Balaban J connectivity index is -0.0000000832. The van der Waals surface area contributed by atoms with Crippen LogP contribution in [0.5, 0.6) is 0 Å². The molecule has 0 spiro atoms. The van der Waals surface area contributed by atoms with Gasteiger partial charge < -0.3 is 48.6 Å². The van der Waals surface area contributed by atoms with Gasteiger partial charge in [0.1, 0.15) is 36.5 Å². The van der Waals surface area contributed by atoms with E-state index in [1.165, 1.54) is 28.1 Å². The van der Waals surface area contributed by atoms with Gasteiger partial charge in [-0.05, 0) is 60.2 Å². The van der Waals surface area contributed by atoms with E-state index < -0.39 is 24.5 Å². The molecule has 3 unspecified atom stereocenters. The van der Waals surface area contributed by atoms with Crippen molar-refractivity contribution in [1.29, 1.82) is 0 Å². The molecule has 0 aliphatic carbocycles. The number of esters is 2. The third-order valence-corrected chi connectivity index (χ3v) is 9.12. The fourth-order valence-electron chi connectivity index (χ4n) is 4.99. The van der Waals surface area contributed by atoms with Gasteiger partial charge in [0.05, 0.1) is 25.0 Å². The molecule has 0 aliphatic heterocycles. The Bertz CT molecular complexity index is 1870. The summed E-state index contributed by atoms with van der Waals surface area (Å²) in [5.41, 5.74) is 0.0127. The summed E-state index contributed by atoms with van der Waals surface area (Å²) < 4.78 is 24.5. The number of aliphatic carboxylic acids is 1. The van der Waals surface area contributed by atoms with Crippen LogP contribution in [-0.4, -0.2) is 119 Å². The molecule has 20 nitrogen and oxygen atoms in total. The predicted molar refractivity (Wildman–Crippen MR) is 346 cm³/mol. The highest BCUT2D eigenvalue weighted by atomic mass is 17.1. The number of carbonyl (C=O) groups excluding carboxylic acids is 7. The van der Waals surface area contributed by atoms with Crippen LogP contribution in [0.1, 0.15) is 249 Å². The number of hydrogen-bond acceptors (Lipinski definition) is 19. The van der Waals surface area contributed by atoms with Gasteiger partial charge in [0.25, 0.3) is 0 Å². The lowest BCUT2D eigenvalue weighted by Crippen LogP contribution is -2.34. The molecule has 0 aliphatic rings. The number of methoxy groups -OCH3 is 3. The summed E-state index contributed by atoms with van der Waals surface area (Å²) in [5, 5.41) is 45.4. The molecule has 0 aromatic heterocycles. The van der Waals surface area contributed by atoms with Gasteiger partial charge in [0.15, 0.2) is 17.9 Å². The fourth-order valence-corrected chi connectivity index (χ4v) is 4.99. The van der Waals surface area contributed by atoms with E-state index in [1.54, 1.807) is 27.9 Å². The van der Waals surface area contributed by atoms with E-state index in [0.29, 0.717) is 36.5 Å². The van der Waals surface area contributed by atoms with E-state index in [2.05, 4.69) is 32.2 Å². The van der Waals surface area contributed by atoms with Crippen LogP contribution in [0.15, 0.2) is 36.5 Å². The number of rotatable bonds is 14. The van der Waals surface area contributed by atoms with Crippen molar-refractivity contribution in [3.05, 3.63) is 36.5 Å². The number of aliphatic hydroxyl groups excluding tert-OH is 2. The van der Waals surface area contributed by atoms with Crippen molar-refractivity contribution in [2.24, 2.45) is 54.7 Å². The van der Waals surface area contributed by atoms with Crippen molar-refractivity contribution in [2.45, 2.75) is 266 Å². The molecule has 20 heteroatoms. The minimum Gasteiger partial charge on any atom is -0.515 e. The zero-order chi connectivity index (χ0) is 72.0. The Labute approximate surface area is 524 Å². The Morgan fingerprint density at radius 3 is 0.988 bits per heavy atom. The van der Waals surface area contributed by atoms with Crippen LogP contribution in [0.2, 0.25) is 0 Å². The monoisotopic (exact) mass is 1240 g/mol. The van der Waals surface area contributed by atoms with Crippen LogP contribution >= 0.6 is 0 Å². The van der Waals surface area contributed by atoms with E-state index in [-0.39, 0.29) is 92.3 Å². The minimum atomic E-state index is -0.725. The lowest BCUT2D eigenvalue weighted by Gasteiger charge is -2.27. The van der Waals surface area contributed by atoms with Crippen molar-refractivity contribution < 1.29 is 99.4 Å². The normalized spacial score (nSPS) is 13.2. The Hall–Kier alpha value is -4.70. The zero-order valence-electron chi connectivity index (χ0n) is 61.6. The van der Waals surface area contributed by atoms with Crippen molar-refractivity contribution in [3.63, 3.8) is 0 Å². The molecular formula is C66H131O20+. The Morgan fingerprint density at radius 1 is 0.523 bits per heavy atom. The molecular weight excluding hydrogens is 1110 g/mol. The predicted octanol–water partition coefficient (Wildman–Crippen LogP) is 16.5. The van der Waals surface area contributed by atoms with E-state index in [9.17, 15) is 38.4 Å². The summed E-state index contributed by atoms with van der Waals surface area (Å²) in [5.74, 6) is -1.42. The van der Waals surface area contributed by atoms with Gasteiger partial charge in [-0.15, -0.1) is 6.58 Å². The van der Waals surface area contributed by atoms with Gasteiger partial charge in [-0.25, -0.2) is 10.1 Å².